The van der Waals surface area contributed by atoms with Gasteiger partial charge in [0.15, 0.2) is 16.4 Å². The quantitative estimate of drug-likeness (QED) is 0.241. The first-order valence-electron chi connectivity index (χ1n) is 13.4. The van der Waals surface area contributed by atoms with Gasteiger partial charge in [-0.2, -0.15) is 4.72 Å². The molecule has 10 nitrogen and oxygen atoms in total. The third kappa shape index (κ3) is 5.28. The number of benzene rings is 2. The van der Waals surface area contributed by atoms with Crippen LogP contribution < -0.4 is 10.0 Å². The van der Waals surface area contributed by atoms with Crippen molar-refractivity contribution in [3.05, 3.63) is 95.4 Å². The first-order valence-corrected chi connectivity index (χ1v) is 14.9. The Morgan fingerprint density at radius 1 is 1.07 bits per heavy atom. The number of fused-ring (bicyclic) bond motifs is 1. The largest absolute Gasteiger partial charge is 0.480 e. The number of amides is 1. The van der Waals surface area contributed by atoms with E-state index in [-0.39, 0.29) is 12.2 Å². The number of aromatic nitrogens is 1. The van der Waals surface area contributed by atoms with Gasteiger partial charge in [0.1, 0.15) is 11.6 Å². The zero-order valence-corrected chi connectivity index (χ0v) is 24.4. The summed E-state index contributed by atoms with van der Waals surface area (Å²) in [5.74, 6) is -2.22. The number of carboxylic acid groups (broad SMARTS) is 1. The lowest BCUT2D eigenvalue weighted by atomic mass is 9.96. The van der Waals surface area contributed by atoms with E-state index < -0.39 is 38.7 Å². The normalized spacial score (nSPS) is 17.8. The summed E-state index contributed by atoms with van der Waals surface area (Å²) in [5, 5.41) is 17.0. The first-order chi connectivity index (χ1) is 19.9. The zero-order valence-electron chi connectivity index (χ0n) is 23.5. The maximum Gasteiger partial charge on any atom is 0.321 e. The van der Waals surface area contributed by atoms with Crippen LogP contribution >= 0.6 is 0 Å². The van der Waals surface area contributed by atoms with Gasteiger partial charge in [0.05, 0.1) is 5.69 Å². The number of nitrogens with zero attached hydrogens (tertiary/aromatic N) is 1. The highest BCUT2D eigenvalue weighted by atomic mass is 32.2. The Morgan fingerprint density at radius 2 is 1.81 bits per heavy atom. The number of carbonyl (C=O) groups is 2. The number of hydrogen-bond donors (Lipinski definition) is 3. The number of furan rings is 1. The Bertz CT molecular complexity index is 1830. The molecule has 218 valence electrons. The van der Waals surface area contributed by atoms with Crippen LogP contribution in [0.3, 0.4) is 0 Å². The number of allylic oxidation sites excluding steroid dienone is 2. The number of aliphatic carboxylic acids is 1. The van der Waals surface area contributed by atoms with Crippen LogP contribution in [0.1, 0.15) is 47.6 Å². The third-order valence-electron chi connectivity index (χ3n) is 7.34. The molecule has 2 heterocycles. The van der Waals surface area contributed by atoms with Crippen molar-refractivity contribution < 1.29 is 32.1 Å². The molecule has 2 atom stereocenters. The van der Waals surface area contributed by atoms with E-state index in [1.807, 2.05) is 36.4 Å². The van der Waals surface area contributed by atoms with Crippen molar-refractivity contribution in [3.8, 4) is 11.3 Å². The van der Waals surface area contributed by atoms with Crippen molar-refractivity contribution in [2.75, 3.05) is 0 Å². The Morgan fingerprint density at radius 3 is 2.40 bits per heavy atom. The van der Waals surface area contributed by atoms with Crippen molar-refractivity contribution in [1.29, 1.82) is 0 Å². The van der Waals surface area contributed by atoms with Gasteiger partial charge in [-0.3, -0.25) is 9.59 Å². The Balaban J connectivity index is 1.55. The lowest BCUT2D eigenvalue weighted by Gasteiger charge is -2.34. The molecule has 0 spiro atoms. The SMILES string of the molecule is Cc1cc(-c2cccc3oc(C(=O)NC4(S(=O)(=O)N[C@H](C(=O)O)C(C)C)C=CC(c5ccccc5)=CC4)c(C)c23)on1. The monoisotopic (exact) mass is 589 g/mol. The molecule has 3 N–H and O–H groups in total. The maximum absolute atomic E-state index is 13.9. The summed E-state index contributed by atoms with van der Waals surface area (Å²) in [4.78, 5) is 23.7. The van der Waals surface area contributed by atoms with Crippen LogP contribution in [0.15, 0.2) is 81.8 Å². The molecule has 5 rings (SSSR count). The molecule has 1 amide bonds. The summed E-state index contributed by atoms with van der Waals surface area (Å²) in [5.41, 5.74) is 3.89. The van der Waals surface area contributed by atoms with Gasteiger partial charge in [-0.05, 0) is 43.0 Å². The zero-order chi connectivity index (χ0) is 30.2. The minimum absolute atomic E-state index is 0.0758. The first kappa shape index (κ1) is 29.0. The standard InChI is InChI=1S/C31H31N3O7S/c1-18(2)27(30(36)37)34-42(38,39)31(15-13-22(14-16-31)21-9-6-5-7-10-21)32-29(35)28-20(4)26-23(11-8-12-24(26)40-28)25-17-19(3)33-41-25/h5-15,17-18,27,34H,16H2,1-4H3,(H,32,35)(H,36,37)/t27-,31?/m0/s1. The molecule has 1 unspecified atom stereocenters. The summed E-state index contributed by atoms with van der Waals surface area (Å²) >= 11 is 0. The number of aryl methyl sites for hydroxylation is 2. The maximum atomic E-state index is 13.9. The van der Waals surface area contributed by atoms with Crippen LogP contribution in [0.5, 0.6) is 0 Å². The predicted molar refractivity (Wildman–Crippen MR) is 158 cm³/mol. The number of carboxylic acids is 1. The third-order valence-corrected chi connectivity index (χ3v) is 9.27. The highest BCUT2D eigenvalue weighted by Gasteiger charge is 2.46. The van der Waals surface area contributed by atoms with E-state index in [9.17, 15) is 23.1 Å². The highest BCUT2D eigenvalue weighted by molar-refractivity contribution is 7.91. The number of sulfonamides is 1. The average molecular weight is 590 g/mol. The molecule has 0 bridgehead atoms. The lowest BCUT2D eigenvalue weighted by Crippen LogP contribution is -2.60. The Kier molecular flexibility index (Phi) is 7.65. The summed E-state index contributed by atoms with van der Waals surface area (Å²) in [7, 11) is -4.49. The van der Waals surface area contributed by atoms with Gasteiger partial charge in [0.25, 0.3) is 5.91 Å². The predicted octanol–water partition coefficient (Wildman–Crippen LogP) is 5.20. The smallest absolute Gasteiger partial charge is 0.321 e. The Hall–Kier alpha value is -4.48. The molecule has 0 saturated heterocycles. The summed E-state index contributed by atoms with van der Waals surface area (Å²) in [6.45, 7) is 6.70. The van der Waals surface area contributed by atoms with Gasteiger partial charge < -0.3 is 19.4 Å². The van der Waals surface area contributed by atoms with Gasteiger partial charge in [-0.15, -0.1) is 0 Å². The topological polar surface area (TPSA) is 152 Å². The molecule has 0 radical (unpaired) electrons. The molecule has 4 aromatic rings. The highest BCUT2D eigenvalue weighted by Crippen LogP contribution is 2.36. The van der Waals surface area contributed by atoms with Crippen LogP contribution in [-0.2, 0) is 14.8 Å². The molecule has 11 heteroatoms. The van der Waals surface area contributed by atoms with Crippen molar-refractivity contribution in [2.45, 2.75) is 45.0 Å². The molecule has 0 fully saturated rings. The second kappa shape index (κ2) is 11.1. The van der Waals surface area contributed by atoms with E-state index in [0.29, 0.717) is 33.6 Å². The van der Waals surface area contributed by atoms with Crippen LogP contribution in [0.2, 0.25) is 0 Å². The van der Waals surface area contributed by atoms with E-state index in [1.54, 1.807) is 58.0 Å². The minimum atomic E-state index is -4.49. The van der Waals surface area contributed by atoms with E-state index in [0.717, 1.165) is 11.1 Å². The summed E-state index contributed by atoms with van der Waals surface area (Å²) < 4.78 is 41.5. The summed E-state index contributed by atoms with van der Waals surface area (Å²) in [6.07, 6.45) is 4.55. The van der Waals surface area contributed by atoms with E-state index in [1.165, 1.54) is 6.08 Å². The number of rotatable bonds is 9. The minimum Gasteiger partial charge on any atom is -0.480 e. The van der Waals surface area contributed by atoms with Gasteiger partial charge in [0.2, 0.25) is 10.0 Å². The Labute approximate surface area is 243 Å². The fourth-order valence-electron chi connectivity index (χ4n) is 5.03. The fraction of sp³-hybridized carbons (Fsp3) is 0.258. The van der Waals surface area contributed by atoms with Gasteiger partial charge in [0, 0.05) is 29.0 Å². The second-order valence-corrected chi connectivity index (χ2v) is 12.6. The average Bonchev–Trinajstić information content (AvgIpc) is 3.55. The molecule has 0 saturated carbocycles. The van der Waals surface area contributed by atoms with Crippen molar-refractivity contribution >= 4 is 38.4 Å². The second-order valence-electron chi connectivity index (χ2n) is 10.7. The summed E-state index contributed by atoms with van der Waals surface area (Å²) in [6, 6.07) is 15.0. The molecule has 0 aliphatic heterocycles. The van der Waals surface area contributed by atoms with Crippen molar-refractivity contribution in [3.63, 3.8) is 0 Å². The molecule has 2 aromatic heterocycles. The van der Waals surface area contributed by atoms with E-state index in [4.69, 9.17) is 8.94 Å². The number of nitrogens with one attached hydrogen (secondary N) is 2. The molecular weight excluding hydrogens is 558 g/mol. The van der Waals surface area contributed by atoms with Crippen LogP contribution in [0, 0.1) is 19.8 Å². The van der Waals surface area contributed by atoms with Gasteiger partial charge in [-0.25, -0.2) is 8.42 Å². The molecule has 42 heavy (non-hydrogen) atoms. The van der Waals surface area contributed by atoms with E-state index in [2.05, 4.69) is 15.2 Å². The number of carbonyl (C=O) groups excluding carboxylic acids is 1. The molecule has 1 aliphatic rings. The molecule has 1 aliphatic carbocycles. The van der Waals surface area contributed by atoms with Crippen molar-refractivity contribution in [1.82, 2.24) is 15.2 Å². The molecular formula is C31H31N3O7S. The van der Waals surface area contributed by atoms with Crippen LogP contribution in [0.25, 0.3) is 27.9 Å². The number of hydrogen-bond acceptors (Lipinski definition) is 7. The molecule has 2 aromatic carbocycles. The van der Waals surface area contributed by atoms with Crippen LogP contribution in [0.4, 0.5) is 0 Å². The van der Waals surface area contributed by atoms with E-state index >= 15 is 0 Å². The van der Waals surface area contributed by atoms with Crippen molar-refractivity contribution in [2.24, 2.45) is 5.92 Å². The lowest BCUT2D eigenvalue weighted by molar-refractivity contribution is -0.140. The fourth-order valence-corrected chi connectivity index (χ4v) is 6.73. The van der Waals surface area contributed by atoms with Gasteiger partial charge in [-0.1, -0.05) is 73.6 Å². The van der Waals surface area contributed by atoms with Gasteiger partial charge >= 0.3 is 5.97 Å². The van der Waals surface area contributed by atoms with Crippen LogP contribution in [-0.4, -0.2) is 41.5 Å².